The van der Waals surface area contributed by atoms with E-state index < -0.39 is 0 Å². The van der Waals surface area contributed by atoms with Crippen molar-refractivity contribution in [1.29, 1.82) is 0 Å². The molecule has 0 unspecified atom stereocenters. The summed E-state index contributed by atoms with van der Waals surface area (Å²) in [4.78, 5) is 14.2. The summed E-state index contributed by atoms with van der Waals surface area (Å²) >= 11 is 5.89. The normalized spacial score (nSPS) is 10.5. The zero-order valence-electron chi connectivity index (χ0n) is 14.1. The maximum Gasteiger partial charge on any atom is 0.227 e. The Labute approximate surface area is 152 Å². The van der Waals surface area contributed by atoms with Gasteiger partial charge in [0, 0.05) is 13.1 Å². The summed E-state index contributed by atoms with van der Waals surface area (Å²) < 4.78 is 5.48. The molecule has 2 aromatic rings. The third-order valence-corrected chi connectivity index (χ3v) is 3.98. The molecule has 5 nitrogen and oxygen atoms in total. The summed E-state index contributed by atoms with van der Waals surface area (Å²) in [5.41, 5.74) is 1.63. The molecule has 25 heavy (non-hydrogen) atoms. The van der Waals surface area contributed by atoms with Gasteiger partial charge in [0.2, 0.25) is 5.91 Å². The lowest BCUT2D eigenvalue weighted by Crippen LogP contribution is -2.34. The molecular weight excluding hydrogens is 342 g/mol. The lowest BCUT2D eigenvalue weighted by atomic mass is 10.1. The molecule has 0 saturated carbocycles. The van der Waals surface area contributed by atoms with E-state index >= 15 is 0 Å². The van der Waals surface area contributed by atoms with Crippen LogP contribution in [-0.2, 0) is 17.8 Å². The lowest BCUT2D eigenvalue weighted by molar-refractivity contribution is -0.131. The number of halogens is 1. The number of hydrogen-bond donors (Lipinski definition) is 2. The standard InChI is InChI=1S/C19H22ClNO4/c1-2-25-16-5-3-4-15(10-16)13-21(8-9-22)19(24)12-14-6-7-18(23)17(20)11-14/h3-7,10-11,22-23H,2,8-9,12-13H2,1H3. The molecule has 2 rings (SSSR count). The molecule has 0 fully saturated rings. The largest absolute Gasteiger partial charge is 0.506 e. The highest BCUT2D eigenvalue weighted by atomic mass is 35.5. The third-order valence-electron chi connectivity index (χ3n) is 3.67. The van der Waals surface area contributed by atoms with Crippen LogP contribution < -0.4 is 4.74 Å². The summed E-state index contributed by atoms with van der Waals surface area (Å²) in [6.07, 6.45) is 0.144. The molecular formula is C19H22ClNO4. The first kappa shape index (κ1) is 19.1. The number of carbonyl (C=O) groups is 1. The molecule has 0 spiro atoms. The molecule has 0 aliphatic carbocycles. The number of nitrogens with zero attached hydrogens (tertiary/aromatic N) is 1. The molecule has 0 bridgehead atoms. The second-order valence-corrected chi connectivity index (χ2v) is 5.99. The second kappa shape index (κ2) is 9.30. The molecule has 2 N–H and O–H groups in total. The first-order valence-corrected chi connectivity index (χ1v) is 8.49. The van der Waals surface area contributed by atoms with Gasteiger partial charge < -0.3 is 19.8 Å². The van der Waals surface area contributed by atoms with Crippen molar-refractivity contribution in [2.75, 3.05) is 19.8 Å². The highest BCUT2D eigenvalue weighted by Gasteiger charge is 2.15. The van der Waals surface area contributed by atoms with E-state index in [-0.39, 0.29) is 36.3 Å². The first-order valence-electron chi connectivity index (χ1n) is 8.11. The number of amides is 1. The van der Waals surface area contributed by atoms with Crippen LogP contribution in [0.1, 0.15) is 18.1 Å². The van der Waals surface area contributed by atoms with Crippen molar-refractivity contribution < 1.29 is 19.7 Å². The van der Waals surface area contributed by atoms with E-state index in [2.05, 4.69) is 0 Å². The van der Waals surface area contributed by atoms with Crippen LogP contribution >= 0.6 is 11.6 Å². The number of ether oxygens (including phenoxy) is 1. The fourth-order valence-electron chi connectivity index (χ4n) is 2.48. The van der Waals surface area contributed by atoms with Gasteiger partial charge in [-0.3, -0.25) is 4.79 Å². The van der Waals surface area contributed by atoms with Gasteiger partial charge in [0.05, 0.1) is 24.7 Å². The Morgan fingerprint density at radius 2 is 2.00 bits per heavy atom. The Morgan fingerprint density at radius 3 is 2.68 bits per heavy atom. The van der Waals surface area contributed by atoms with E-state index in [1.165, 1.54) is 6.07 Å². The summed E-state index contributed by atoms with van der Waals surface area (Å²) in [5.74, 6) is 0.608. The van der Waals surface area contributed by atoms with Gasteiger partial charge in [-0.2, -0.15) is 0 Å². The number of phenols is 1. The van der Waals surface area contributed by atoms with E-state index in [9.17, 15) is 15.0 Å². The predicted octanol–water partition coefficient (Wildman–Crippen LogP) is 3.01. The number of benzene rings is 2. The van der Waals surface area contributed by atoms with Crippen molar-refractivity contribution in [3.63, 3.8) is 0 Å². The third kappa shape index (κ3) is 5.66. The molecule has 0 heterocycles. The number of hydrogen-bond acceptors (Lipinski definition) is 4. The molecule has 0 aromatic heterocycles. The highest BCUT2D eigenvalue weighted by Crippen LogP contribution is 2.24. The molecule has 1 amide bonds. The smallest absolute Gasteiger partial charge is 0.227 e. The SMILES string of the molecule is CCOc1cccc(CN(CCO)C(=O)Cc2ccc(O)c(Cl)c2)c1. The van der Waals surface area contributed by atoms with Gasteiger partial charge >= 0.3 is 0 Å². The monoisotopic (exact) mass is 363 g/mol. The van der Waals surface area contributed by atoms with Crippen molar-refractivity contribution in [2.45, 2.75) is 19.9 Å². The van der Waals surface area contributed by atoms with Crippen molar-refractivity contribution in [1.82, 2.24) is 4.90 Å². The van der Waals surface area contributed by atoms with E-state index in [0.29, 0.717) is 18.7 Å². The molecule has 0 atom stereocenters. The van der Waals surface area contributed by atoms with E-state index in [0.717, 1.165) is 11.3 Å². The average molecular weight is 364 g/mol. The van der Waals surface area contributed by atoms with Crippen molar-refractivity contribution in [3.05, 3.63) is 58.6 Å². The molecule has 2 aromatic carbocycles. The minimum Gasteiger partial charge on any atom is -0.506 e. The fraction of sp³-hybridized carbons (Fsp3) is 0.316. The van der Waals surface area contributed by atoms with Crippen LogP contribution in [0.15, 0.2) is 42.5 Å². The quantitative estimate of drug-likeness (QED) is 0.756. The van der Waals surface area contributed by atoms with E-state index in [1.807, 2.05) is 31.2 Å². The number of phenolic OH excluding ortho intramolecular Hbond substituents is 1. The maximum atomic E-state index is 12.6. The van der Waals surface area contributed by atoms with E-state index in [4.69, 9.17) is 16.3 Å². The van der Waals surface area contributed by atoms with Gasteiger partial charge in [0.25, 0.3) is 0 Å². The van der Waals surface area contributed by atoms with Crippen molar-refractivity contribution >= 4 is 17.5 Å². The summed E-state index contributed by atoms with van der Waals surface area (Å²) in [6, 6.07) is 12.2. The minimum atomic E-state index is -0.127. The fourth-order valence-corrected chi connectivity index (χ4v) is 2.68. The summed E-state index contributed by atoms with van der Waals surface area (Å²) in [7, 11) is 0. The van der Waals surface area contributed by atoms with Crippen molar-refractivity contribution in [2.24, 2.45) is 0 Å². The zero-order valence-corrected chi connectivity index (χ0v) is 14.9. The zero-order chi connectivity index (χ0) is 18.2. The number of carbonyl (C=O) groups excluding carboxylic acids is 1. The minimum absolute atomic E-state index is 0.0159. The predicted molar refractivity (Wildman–Crippen MR) is 96.9 cm³/mol. The molecule has 0 aliphatic rings. The van der Waals surface area contributed by atoms with Crippen LogP contribution in [0.25, 0.3) is 0 Å². The molecule has 134 valence electrons. The Bertz CT molecular complexity index is 720. The van der Waals surface area contributed by atoms with Crippen LogP contribution in [0, 0.1) is 0 Å². The second-order valence-electron chi connectivity index (χ2n) is 5.58. The average Bonchev–Trinajstić information content (AvgIpc) is 2.58. The summed E-state index contributed by atoms with van der Waals surface area (Å²) in [5, 5.41) is 19.0. The van der Waals surface area contributed by atoms with Gasteiger partial charge in [-0.05, 0) is 42.3 Å². The van der Waals surface area contributed by atoms with Crippen LogP contribution in [0.4, 0.5) is 0 Å². The Hall–Kier alpha value is -2.24. The number of aliphatic hydroxyl groups is 1. The first-order chi connectivity index (χ1) is 12.0. The lowest BCUT2D eigenvalue weighted by Gasteiger charge is -2.22. The van der Waals surface area contributed by atoms with Crippen LogP contribution in [-0.4, -0.2) is 40.8 Å². The maximum absolute atomic E-state index is 12.6. The van der Waals surface area contributed by atoms with Gasteiger partial charge in [0.15, 0.2) is 0 Å². The number of aromatic hydroxyl groups is 1. The van der Waals surface area contributed by atoms with Crippen LogP contribution in [0.3, 0.4) is 0 Å². The topological polar surface area (TPSA) is 70.0 Å². The van der Waals surface area contributed by atoms with Crippen LogP contribution in [0.2, 0.25) is 5.02 Å². The number of rotatable bonds is 8. The van der Waals surface area contributed by atoms with E-state index in [1.54, 1.807) is 17.0 Å². The van der Waals surface area contributed by atoms with Gasteiger partial charge in [-0.25, -0.2) is 0 Å². The molecule has 0 aliphatic heterocycles. The van der Waals surface area contributed by atoms with Gasteiger partial charge in [-0.15, -0.1) is 0 Å². The molecule has 0 radical (unpaired) electrons. The Balaban J connectivity index is 2.09. The highest BCUT2D eigenvalue weighted by molar-refractivity contribution is 6.32. The van der Waals surface area contributed by atoms with Gasteiger partial charge in [0.1, 0.15) is 11.5 Å². The Morgan fingerprint density at radius 1 is 1.20 bits per heavy atom. The number of aliphatic hydroxyl groups excluding tert-OH is 1. The molecule has 6 heteroatoms. The van der Waals surface area contributed by atoms with Crippen molar-refractivity contribution in [3.8, 4) is 11.5 Å². The molecule has 0 saturated heterocycles. The summed E-state index contributed by atoms with van der Waals surface area (Å²) in [6.45, 7) is 2.99. The Kier molecular flexibility index (Phi) is 7.10. The van der Waals surface area contributed by atoms with Crippen LogP contribution in [0.5, 0.6) is 11.5 Å². The van der Waals surface area contributed by atoms with Gasteiger partial charge in [-0.1, -0.05) is 29.8 Å².